The first-order valence-corrected chi connectivity index (χ1v) is 7.69. The zero-order valence-electron chi connectivity index (χ0n) is 13.2. The summed E-state index contributed by atoms with van der Waals surface area (Å²) in [5.41, 5.74) is 6.74. The summed E-state index contributed by atoms with van der Waals surface area (Å²) >= 11 is 0. The lowest BCUT2D eigenvalue weighted by atomic mass is 10.0. The van der Waals surface area contributed by atoms with E-state index in [2.05, 4.69) is 59.5 Å². The van der Waals surface area contributed by atoms with Crippen LogP contribution in [0.25, 0.3) is 27.7 Å². The van der Waals surface area contributed by atoms with Crippen molar-refractivity contribution in [3.8, 4) is 16.8 Å². The Morgan fingerprint density at radius 1 is 0.870 bits per heavy atom. The molecule has 0 atom stereocenters. The molecule has 0 radical (unpaired) electrons. The highest BCUT2D eigenvalue weighted by molar-refractivity contribution is 5.84. The first-order valence-electron chi connectivity index (χ1n) is 7.69. The molecule has 2 aromatic heterocycles. The van der Waals surface area contributed by atoms with Gasteiger partial charge in [0.25, 0.3) is 0 Å². The van der Waals surface area contributed by atoms with Crippen LogP contribution in [0, 0.1) is 13.8 Å². The number of hydrogen-bond donors (Lipinski definition) is 0. The normalized spacial score (nSPS) is 11.0. The van der Waals surface area contributed by atoms with Crippen LogP contribution in [0.1, 0.15) is 11.3 Å². The maximum atomic E-state index is 4.53. The van der Waals surface area contributed by atoms with Gasteiger partial charge >= 0.3 is 0 Å². The van der Waals surface area contributed by atoms with Gasteiger partial charge in [-0.25, -0.2) is 4.68 Å². The topological polar surface area (TPSA) is 30.7 Å². The molecule has 0 fully saturated rings. The summed E-state index contributed by atoms with van der Waals surface area (Å²) < 4.78 is 1.94. The number of rotatable bonds is 2. The lowest BCUT2D eigenvalue weighted by Gasteiger charge is -2.10. The van der Waals surface area contributed by atoms with Gasteiger partial charge in [-0.2, -0.15) is 5.10 Å². The molecule has 0 spiro atoms. The number of nitrogens with zero attached hydrogens (tertiary/aromatic N) is 3. The van der Waals surface area contributed by atoms with Crippen molar-refractivity contribution in [3.05, 3.63) is 78.2 Å². The number of benzene rings is 2. The second kappa shape index (κ2) is 5.36. The summed E-state index contributed by atoms with van der Waals surface area (Å²) in [5, 5.41) is 5.69. The lowest BCUT2D eigenvalue weighted by molar-refractivity contribution is 0.856. The van der Waals surface area contributed by atoms with Gasteiger partial charge in [-0.3, -0.25) is 4.98 Å². The average molecular weight is 299 g/mol. The monoisotopic (exact) mass is 299 g/mol. The highest BCUT2D eigenvalue weighted by Gasteiger charge is 2.06. The van der Waals surface area contributed by atoms with Crippen molar-refractivity contribution in [2.45, 2.75) is 13.8 Å². The molecule has 3 heteroatoms. The van der Waals surface area contributed by atoms with Gasteiger partial charge < -0.3 is 0 Å². The maximum Gasteiger partial charge on any atom is 0.0702 e. The summed E-state index contributed by atoms with van der Waals surface area (Å²) in [6, 6.07) is 19.0. The molecule has 0 aliphatic heterocycles. The Kier molecular flexibility index (Phi) is 3.19. The van der Waals surface area contributed by atoms with Gasteiger partial charge in [-0.05, 0) is 60.9 Å². The molecule has 23 heavy (non-hydrogen) atoms. The molecular formula is C20H17N3. The zero-order valence-corrected chi connectivity index (χ0v) is 13.2. The third kappa shape index (κ3) is 2.50. The van der Waals surface area contributed by atoms with Crippen molar-refractivity contribution in [1.29, 1.82) is 0 Å². The van der Waals surface area contributed by atoms with Crippen LogP contribution in [0.2, 0.25) is 0 Å². The Bertz CT molecular complexity index is 999. The fraction of sp³-hybridized carbons (Fsp3) is 0.100. The quantitative estimate of drug-likeness (QED) is 0.537. The Hall–Kier alpha value is -2.94. The molecule has 0 N–H and O–H groups in total. The number of pyridine rings is 1. The van der Waals surface area contributed by atoms with Crippen molar-refractivity contribution in [1.82, 2.24) is 14.8 Å². The second-order valence-electron chi connectivity index (χ2n) is 5.81. The minimum atomic E-state index is 1.02. The number of fused-ring (bicyclic) bond motifs is 1. The van der Waals surface area contributed by atoms with Gasteiger partial charge in [0.15, 0.2) is 0 Å². The van der Waals surface area contributed by atoms with E-state index in [0.717, 1.165) is 22.3 Å². The predicted molar refractivity (Wildman–Crippen MR) is 93.8 cm³/mol. The van der Waals surface area contributed by atoms with E-state index in [9.17, 15) is 0 Å². The van der Waals surface area contributed by atoms with Crippen molar-refractivity contribution in [2.24, 2.45) is 0 Å². The second-order valence-corrected chi connectivity index (χ2v) is 5.81. The van der Waals surface area contributed by atoms with Crippen LogP contribution in [0.4, 0.5) is 0 Å². The molecular weight excluding hydrogens is 282 g/mol. The maximum absolute atomic E-state index is 4.53. The van der Waals surface area contributed by atoms with E-state index in [-0.39, 0.29) is 0 Å². The van der Waals surface area contributed by atoms with Crippen LogP contribution in [-0.2, 0) is 0 Å². The molecule has 2 heterocycles. The molecule has 4 aromatic rings. The highest BCUT2D eigenvalue weighted by Crippen LogP contribution is 2.27. The van der Waals surface area contributed by atoms with Crippen molar-refractivity contribution in [2.75, 3.05) is 0 Å². The first kappa shape index (κ1) is 13.7. The fourth-order valence-corrected chi connectivity index (χ4v) is 2.84. The molecule has 0 saturated carbocycles. The third-order valence-corrected chi connectivity index (χ3v) is 4.11. The van der Waals surface area contributed by atoms with E-state index >= 15 is 0 Å². The SMILES string of the molecule is Cc1ccn(-c2cc(-c3ccc4ncccc4c3)ccc2C)n1. The summed E-state index contributed by atoms with van der Waals surface area (Å²) in [4.78, 5) is 4.38. The minimum absolute atomic E-state index is 1.02. The van der Waals surface area contributed by atoms with Crippen LogP contribution in [0.3, 0.4) is 0 Å². The lowest BCUT2D eigenvalue weighted by Crippen LogP contribution is -1.98. The Balaban J connectivity index is 1.84. The van der Waals surface area contributed by atoms with E-state index in [1.54, 1.807) is 0 Å². The average Bonchev–Trinajstić information content (AvgIpc) is 3.01. The molecule has 0 unspecified atom stereocenters. The summed E-state index contributed by atoms with van der Waals surface area (Å²) in [5.74, 6) is 0. The predicted octanol–water partition coefficient (Wildman–Crippen LogP) is 4.70. The van der Waals surface area contributed by atoms with Crippen LogP contribution < -0.4 is 0 Å². The van der Waals surface area contributed by atoms with Crippen molar-refractivity contribution < 1.29 is 0 Å². The van der Waals surface area contributed by atoms with Gasteiger partial charge in [0, 0.05) is 17.8 Å². The van der Waals surface area contributed by atoms with Gasteiger partial charge in [0.2, 0.25) is 0 Å². The Morgan fingerprint density at radius 3 is 2.52 bits per heavy atom. The van der Waals surface area contributed by atoms with E-state index in [1.807, 2.05) is 36.1 Å². The third-order valence-electron chi connectivity index (χ3n) is 4.11. The molecule has 2 aromatic carbocycles. The summed E-state index contributed by atoms with van der Waals surface area (Å²) in [6.45, 7) is 4.12. The largest absolute Gasteiger partial charge is 0.256 e. The zero-order chi connectivity index (χ0) is 15.8. The van der Waals surface area contributed by atoms with E-state index < -0.39 is 0 Å². The molecule has 0 aliphatic carbocycles. The molecule has 112 valence electrons. The van der Waals surface area contributed by atoms with E-state index in [1.165, 1.54) is 16.7 Å². The van der Waals surface area contributed by atoms with Crippen molar-refractivity contribution >= 4 is 10.9 Å². The number of aryl methyl sites for hydroxylation is 2. The molecule has 4 rings (SSSR count). The van der Waals surface area contributed by atoms with Crippen LogP contribution in [0.15, 0.2) is 67.0 Å². The smallest absolute Gasteiger partial charge is 0.0702 e. The van der Waals surface area contributed by atoms with Gasteiger partial charge in [0.1, 0.15) is 0 Å². The standard InChI is InChI=1S/C20H17N3/c1-14-5-6-17(13-20(14)23-11-9-15(2)22-23)16-7-8-19-18(12-16)4-3-10-21-19/h3-13H,1-2H3. The van der Waals surface area contributed by atoms with Crippen LogP contribution in [0.5, 0.6) is 0 Å². The van der Waals surface area contributed by atoms with Crippen molar-refractivity contribution in [3.63, 3.8) is 0 Å². The van der Waals surface area contributed by atoms with Gasteiger partial charge in [-0.1, -0.05) is 24.3 Å². The highest BCUT2D eigenvalue weighted by atomic mass is 15.3. The fourth-order valence-electron chi connectivity index (χ4n) is 2.84. The van der Waals surface area contributed by atoms with E-state index in [0.29, 0.717) is 0 Å². The number of aromatic nitrogens is 3. The summed E-state index contributed by atoms with van der Waals surface area (Å²) in [7, 11) is 0. The summed E-state index contributed by atoms with van der Waals surface area (Å²) in [6.07, 6.45) is 3.83. The molecule has 0 aliphatic rings. The Labute approximate surface area is 135 Å². The number of hydrogen-bond acceptors (Lipinski definition) is 2. The van der Waals surface area contributed by atoms with Crippen LogP contribution in [-0.4, -0.2) is 14.8 Å². The molecule has 0 amide bonds. The van der Waals surface area contributed by atoms with Crippen LogP contribution >= 0.6 is 0 Å². The molecule has 3 nitrogen and oxygen atoms in total. The van der Waals surface area contributed by atoms with Gasteiger partial charge in [-0.15, -0.1) is 0 Å². The first-order chi connectivity index (χ1) is 11.2. The Morgan fingerprint density at radius 2 is 1.70 bits per heavy atom. The van der Waals surface area contributed by atoms with Gasteiger partial charge in [0.05, 0.1) is 16.9 Å². The molecule has 0 saturated heterocycles. The van der Waals surface area contributed by atoms with E-state index in [4.69, 9.17) is 0 Å². The minimum Gasteiger partial charge on any atom is -0.256 e. The molecule has 0 bridgehead atoms.